The van der Waals surface area contributed by atoms with Gasteiger partial charge in [-0.25, -0.2) is 0 Å². The summed E-state index contributed by atoms with van der Waals surface area (Å²) in [5.74, 6) is -1.12. The van der Waals surface area contributed by atoms with Crippen molar-refractivity contribution in [2.75, 3.05) is 14.2 Å². The number of esters is 1. The van der Waals surface area contributed by atoms with E-state index in [1.54, 1.807) is 6.07 Å². The Labute approximate surface area is 134 Å². The molecule has 6 nitrogen and oxygen atoms in total. The molecule has 1 unspecified atom stereocenters. The molecule has 0 aliphatic heterocycles. The van der Waals surface area contributed by atoms with Crippen LogP contribution in [-0.2, 0) is 19.1 Å². The van der Waals surface area contributed by atoms with Gasteiger partial charge in [-0.2, -0.15) is 5.06 Å². The molecule has 0 heterocycles. The van der Waals surface area contributed by atoms with Crippen LogP contribution in [-0.4, -0.2) is 36.4 Å². The fourth-order valence-corrected chi connectivity index (χ4v) is 2.29. The molecule has 0 radical (unpaired) electrons. The van der Waals surface area contributed by atoms with Crippen molar-refractivity contribution in [1.82, 2.24) is 5.06 Å². The molecule has 1 atom stereocenters. The molecule has 0 aromatic heterocycles. The maximum absolute atomic E-state index is 12.0. The molecule has 1 amide bonds. The molecule has 0 aliphatic carbocycles. The van der Waals surface area contributed by atoms with Crippen molar-refractivity contribution in [3.8, 4) is 0 Å². The largest absolute Gasteiger partial charge is 0.469 e. The molecule has 0 aliphatic rings. The molecule has 6 heteroatoms. The van der Waals surface area contributed by atoms with Crippen LogP contribution in [0, 0.1) is 0 Å². The number of carbonyl (C=O) groups excluding carboxylic acids is 2. The zero-order chi connectivity index (χ0) is 16.8. The monoisotopic (exact) mass is 317 g/mol. The summed E-state index contributed by atoms with van der Waals surface area (Å²) >= 11 is 0. The van der Waals surface area contributed by atoms with Crippen LogP contribution in [0.5, 0.6) is 0 Å². The number of nitrogens with zero attached hydrogens (tertiary/aromatic N) is 1. The SMILES string of the molecule is COC(=O)CCC(=O)N(O)C(OC)c1ccc2ccccc2c1. The van der Waals surface area contributed by atoms with Crippen LogP contribution in [0.15, 0.2) is 42.5 Å². The lowest BCUT2D eigenvalue weighted by Crippen LogP contribution is -2.33. The van der Waals surface area contributed by atoms with Gasteiger partial charge in [0.15, 0.2) is 6.23 Å². The maximum Gasteiger partial charge on any atom is 0.306 e. The molecule has 0 bridgehead atoms. The Balaban J connectivity index is 2.16. The molecule has 23 heavy (non-hydrogen) atoms. The summed E-state index contributed by atoms with van der Waals surface area (Å²) in [7, 11) is 2.65. The van der Waals surface area contributed by atoms with Crippen molar-refractivity contribution in [2.45, 2.75) is 19.1 Å². The van der Waals surface area contributed by atoms with Crippen molar-refractivity contribution in [3.63, 3.8) is 0 Å². The number of rotatable bonds is 6. The highest BCUT2D eigenvalue weighted by molar-refractivity contribution is 5.83. The van der Waals surface area contributed by atoms with Gasteiger partial charge in [-0.1, -0.05) is 36.4 Å². The van der Waals surface area contributed by atoms with Crippen molar-refractivity contribution in [3.05, 3.63) is 48.0 Å². The van der Waals surface area contributed by atoms with Crippen LogP contribution < -0.4 is 0 Å². The predicted octanol–water partition coefficient (Wildman–Crippen LogP) is 2.66. The van der Waals surface area contributed by atoms with Crippen molar-refractivity contribution in [2.24, 2.45) is 0 Å². The minimum atomic E-state index is -0.940. The number of hydroxylamine groups is 2. The van der Waals surface area contributed by atoms with Gasteiger partial charge >= 0.3 is 5.97 Å². The number of carbonyl (C=O) groups is 2. The summed E-state index contributed by atoms with van der Waals surface area (Å²) in [6, 6.07) is 13.3. The minimum Gasteiger partial charge on any atom is -0.469 e. The van der Waals surface area contributed by atoms with E-state index in [0.29, 0.717) is 10.6 Å². The van der Waals surface area contributed by atoms with Crippen LogP contribution in [0.25, 0.3) is 10.8 Å². The summed E-state index contributed by atoms with van der Waals surface area (Å²) in [5.41, 5.74) is 0.639. The molecule has 1 N–H and O–H groups in total. The van der Waals surface area contributed by atoms with E-state index in [0.717, 1.165) is 10.8 Å². The lowest BCUT2D eigenvalue weighted by Gasteiger charge is -2.25. The van der Waals surface area contributed by atoms with Crippen molar-refractivity contribution < 1.29 is 24.3 Å². The standard InChI is InChI=1S/C17H19NO5/c1-22-16(20)10-9-15(19)18(21)17(23-2)14-8-7-12-5-3-4-6-13(12)11-14/h3-8,11,17,21H,9-10H2,1-2H3. The van der Waals surface area contributed by atoms with Gasteiger partial charge < -0.3 is 9.47 Å². The molecule has 2 aromatic carbocycles. The average molecular weight is 317 g/mol. The highest BCUT2D eigenvalue weighted by atomic mass is 16.6. The van der Waals surface area contributed by atoms with E-state index >= 15 is 0 Å². The molecule has 0 saturated carbocycles. The average Bonchev–Trinajstić information content (AvgIpc) is 2.59. The molecule has 2 aromatic rings. The highest BCUT2D eigenvalue weighted by Crippen LogP contribution is 2.25. The van der Waals surface area contributed by atoms with Gasteiger partial charge in [-0.15, -0.1) is 0 Å². The fourth-order valence-electron chi connectivity index (χ4n) is 2.29. The van der Waals surface area contributed by atoms with Crippen LogP contribution in [0.1, 0.15) is 24.6 Å². The number of amides is 1. The first-order valence-corrected chi connectivity index (χ1v) is 7.16. The summed E-state index contributed by atoms with van der Waals surface area (Å²) in [4.78, 5) is 23.1. The maximum atomic E-state index is 12.0. The van der Waals surface area contributed by atoms with Gasteiger partial charge in [-0.3, -0.25) is 14.8 Å². The second-order valence-electron chi connectivity index (χ2n) is 5.01. The quantitative estimate of drug-likeness (QED) is 0.384. The van der Waals surface area contributed by atoms with E-state index in [1.807, 2.05) is 36.4 Å². The smallest absolute Gasteiger partial charge is 0.306 e. The van der Waals surface area contributed by atoms with E-state index in [2.05, 4.69) is 4.74 Å². The van der Waals surface area contributed by atoms with E-state index in [1.165, 1.54) is 14.2 Å². The van der Waals surface area contributed by atoms with Crippen molar-refractivity contribution in [1.29, 1.82) is 0 Å². The van der Waals surface area contributed by atoms with Crippen LogP contribution in [0.4, 0.5) is 0 Å². The predicted molar refractivity (Wildman–Crippen MR) is 83.6 cm³/mol. The second-order valence-corrected chi connectivity index (χ2v) is 5.01. The molecule has 0 spiro atoms. The van der Waals surface area contributed by atoms with E-state index in [4.69, 9.17) is 4.74 Å². The van der Waals surface area contributed by atoms with Gasteiger partial charge in [0.2, 0.25) is 5.91 Å². The zero-order valence-electron chi connectivity index (χ0n) is 13.1. The number of methoxy groups -OCH3 is 2. The van der Waals surface area contributed by atoms with E-state index < -0.39 is 18.1 Å². The molecular formula is C17H19NO5. The van der Waals surface area contributed by atoms with Crippen molar-refractivity contribution >= 4 is 22.6 Å². The Morgan fingerprint density at radius 2 is 1.78 bits per heavy atom. The fraction of sp³-hybridized carbons (Fsp3) is 0.294. The topological polar surface area (TPSA) is 76.1 Å². The van der Waals surface area contributed by atoms with Gasteiger partial charge in [0, 0.05) is 19.1 Å². The number of benzene rings is 2. The van der Waals surface area contributed by atoms with E-state index in [9.17, 15) is 14.8 Å². The number of hydrogen-bond donors (Lipinski definition) is 1. The lowest BCUT2D eigenvalue weighted by molar-refractivity contribution is -0.215. The molecule has 122 valence electrons. The first kappa shape index (κ1) is 16.9. The second kappa shape index (κ2) is 7.71. The van der Waals surface area contributed by atoms with Gasteiger partial charge in [0.25, 0.3) is 0 Å². The van der Waals surface area contributed by atoms with Gasteiger partial charge in [0.05, 0.1) is 13.5 Å². The molecule has 2 rings (SSSR count). The summed E-state index contributed by atoms with van der Waals surface area (Å²) in [6.45, 7) is 0. The molecular weight excluding hydrogens is 298 g/mol. The number of ether oxygens (including phenoxy) is 2. The Morgan fingerprint density at radius 3 is 2.43 bits per heavy atom. The lowest BCUT2D eigenvalue weighted by atomic mass is 10.1. The van der Waals surface area contributed by atoms with Gasteiger partial charge in [0.1, 0.15) is 0 Å². The third-order valence-electron chi connectivity index (χ3n) is 3.53. The summed E-state index contributed by atoms with van der Waals surface area (Å²) < 4.78 is 9.72. The Hall–Kier alpha value is -2.44. The Bertz CT molecular complexity index is 700. The van der Waals surface area contributed by atoms with Crippen LogP contribution in [0.3, 0.4) is 0 Å². The number of fused-ring (bicyclic) bond motifs is 1. The first-order valence-electron chi connectivity index (χ1n) is 7.16. The van der Waals surface area contributed by atoms with Gasteiger partial charge in [-0.05, 0) is 16.8 Å². The zero-order valence-corrected chi connectivity index (χ0v) is 13.1. The highest BCUT2D eigenvalue weighted by Gasteiger charge is 2.24. The first-order chi connectivity index (χ1) is 11.1. The Kier molecular flexibility index (Phi) is 5.67. The third kappa shape index (κ3) is 4.06. The number of hydrogen-bond acceptors (Lipinski definition) is 5. The van der Waals surface area contributed by atoms with Crippen LogP contribution >= 0.6 is 0 Å². The summed E-state index contributed by atoms with van der Waals surface area (Å²) in [5, 5.41) is 12.6. The minimum absolute atomic E-state index is 0.0967. The molecule has 0 fully saturated rings. The van der Waals surface area contributed by atoms with E-state index in [-0.39, 0.29) is 12.8 Å². The third-order valence-corrected chi connectivity index (χ3v) is 3.53. The summed E-state index contributed by atoms with van der Waals surface area (Å²) in [6.07, 6.45) is -1.19. The Morgan fingerprint density at radius 1 is 1.09 bits per heavy atom. The van der Waals surface area contributed by atoms with Crippen LogP contribution in [0.2, 0.25) is 0 Å². The normalized spacial score (nSPS) is 12.0. The molecule has 0 saturated heterocycles.